The van der Waals surface area contributed by atoms with E-state index in [2.05, 4.69) is 10.3 Å². The van der Waals surface area contributed by atoms with E-state index in [-0.39, 0.29) is 12.3 Å². The van der Waals surface area contributed by atoms with E-state index in [9.17, 15) is 18.0 Å². The summed E-state index contributed by atoms with van der Waals surface area (Å²) in [5.41, 5.74) is -0.155. The maximum Gasteiger partial charge on any atom is 0.416 e. The number of amides is 1. The van der Waals surface area contributed by atoms with Crippen LogP contribution in [0.5, 0.6) is 0 Å². The molecule has 1 aromatic carbocycles. The van der Waals surface area contributed by atoms with Gasteiger partial charge in [-0.2, -0.15) is 13.2 Å². The van der Waals surface area contributed by atoms with Crippen LogP contribution in [0.2, 0.25) is 0 Å². The predicted octanol–water partition coefficient (Wildman–Crippen LogP) is 2.65. The Kier molecular flexibility index (Phi) is 5.19. The van der Waals surface area contributed by atoms with Crippen molar-refractivity contribution in [2.24, 2.45) is 0 Å². The lowest BCUT2D eigenvalue weighted by Crippen LogP contribution is -2.26. The summed E-state index contributed by atoms with van der Waals surface area (Å²) in [6.07, 6.45) is 1.70. The molecule has 7 heteroatoms. The number of benzene rings is 1. The van der Waals surface area contributed by atoms with Gasteiger partial charge >= 0.3 is 6.18 Å². The van der Waals surface area contributed by atoms with Crippen LogP contribution in [0.25, 0.3) is 0 Å². The molecule has 0 fully saturated rings. The first kappa shape index (κ1) is 16.1. The molecule has 0 aliphatic heterocycles. The molecule has 0 saturated carbocycles. The monoisotopic (exact) mass is 311 g/mol. The normalized spacial score (nSPS) is 11.4. The lowest BCUT2D eigenvalue weighted by Gasteiger charge is -2.08. The number of rotatable bonds is 6. The molecule has 0 saturated heterocycles. The van der Waals surface area contributed by atoms with Gasteiger partial charge < -0.3 is 9.88 Å². The van der Waals surface area contributed by atoms with Crippen LogP contribution in [0.4, 0.5) is 13.2 Å². The van der Waals surface area contributed by atoms with Crippen molar-refractivity contribution in [3.8, 4) is 0 Å². The van der Waals surface area contributed by atoms with Crippen molar-refractivity contribution in [1.82, 2.24) is 14.9 Å². The molecule has 1 N–H and O–H groups in total. The zero-order chi connectivity index (χ0) is 16.0. The fraction of sp³-hybridized carbons (Fsp3) is 0.333. The van der Waals surface area contributed by atoms with Crippen molar-refractivity contribution in [1.29, 1.82) is 0 Å². The third kappa shape index (κ3) is 4.91. The van der Waals surface area contributed by atoms with Crippen LogP contribution < -0.4 is 5.32 Å². The number of hydrogen-bond donors (Lipinski definition) is 1. The van der Waals surface area contributed by atoms with Gasteiger partial charge in [0.15, 0.2) is 0 Å². The van der Waals surface area contributed by atoms with E-state index < -0.39 is 11.7 Å². The van der Waals surface area contributed by atoms with E-state index in [0.29, 0.717) is 12.1 Å². The summed E-state index contributed by atoms with van der Waals surface area (Å²) >= 11 is 0. The van der Waals surface area contributed by atoms with E-state index in [0.717, 1.165) is 25.1 Å². The summed E-state index contributed by atoms with van der Waals surface area (Å²) in [7, 11) is 0. The molecular weight excluding hydrogens is 295 g/mol. The summed E-state index contributed by atoms with van der Waals surface area (Å²) in [5.74, 6) is -0.203. The lowest BCUT2D eigenvalue weighted by molar-refractivity contribution is -0.137. The smallest absolute Gasteiger partial charge is 0.356 e. The molecule has 0 aliphatic carbocycles. The lowest BCUT2D eigenvalue weighted by atomic mass is 10.1. The Balaban J connectivity index is 1.72. The number of nitrogens with zero attached hydrogens (tertiary/aromatic N) is 2. The van der Waals surface area contributed by atoms with Crippen molar-refractivity contribution in [3.63, 3.8) is 0 Å². The van der Waals surface area contributed by atoms with Gasteiger partial charge in [-0.15, -0.1) is 0 Å². The summed E-state index contributed by atoms with van der Waals surface area (Å²) in [6, 6.07) is 4.63. The third-order valence-corrected chi connectivity index (χ3v) is 3.12. The minimum atomic E-state index is -4.35. The van der Waals surface area contributed by atoms with Crippen LogP contribution in [0, 0.1) is 0 Å². The summed E-state index contributed by atoms with van der Waals surface area (Å²) in [4.78, 5) is 15.6. The number of imidazole rings is 1. The molecule has 1 heterocycles. The van der Waals surface area contributed by atoms with E-state index >= 15 is 0 Å². The summed E-state index contributed by atoms with van der Waals surface area (Å²) in [6.45, 7) is 1.26. The van der Waals surface area contributed by atoms with Gasteiger partial charge in [0.1, 0.15) is 0 Å². The Morgan fingerprint density at radius 2 is 1.95 bits per heavy atom. The highest BCUT2D eigenvalue weighted by atomic mass is 19.4. The van der Waals surface area contributed by atoms with E-state index in [4.69, 9.17) is 0 Å². The maximum atomic E-state index is 12.4. The Morgan fingerprint density at radius 1 is 1.23 bits per heavy atom. The summed E-state index contributed by atoms with van der Waals surface area (Å²) < 4.78 is 39.2. The molecule has 0 unspecified atom stereocenters. The first-order valence-electron chi connectivity index (χ1n) is 6.84. The minimum Gasteiger partial charge on any atom is -0.356 e. The maximum absolute atomic E-state index is 12.4. The van der Waals surface area contributed by atoms with Crippen molar-refractivity contribution in [2.45, 2.75) is 25.6 Å². The third-order valence-electron chi connectivity index (χ3n) is 3.12. The molecule has 4 nitrogen and oxygen atoms in total. The Labute approximate surface area is 126 Å². The average Bonchev–Trinajstić information content (AvgIpc) is 2.96. The van der Waals surface area contributed by atoms with Crippen LogP contribution in [-0.2, 0) is 23.9 Å². The highest BCUT2D eigenvalue weighted by molar-refractivity contribution is 5.78. The number of halogens is 3. The average molecular weight is 311 g/mol. The Bertz CT molecular complexity index is 591. The first-order chi connectivity index (χ1) is 10.4. The Morgan fingerprint density at radius 3 is 2.55 bits per heavy atom. The number of nitrogens with one attached hydrogen (secondary N) is 1. The van der Waals surface area contributed by atoms with E-state index in [1.54, 1.807) is 12.5 Å². The van der Waals surface area contributed by atoms with Gasteiger partial charge in [-0.1, -0.05) is 12.1 Å². The molecule has 0 bridgehead atoms. The topological polar surface area (TPSA) is 46.9 Å². The van der Waals surface area contributed by atoms with Crippen molar-refractivity contribution >= 4 is 5.91 Å². The van der Waals surface area contributed by atoms with Crippen molar-refractivity contribution < 1.29 is 18.0 Å². The van der Waals surface area contributed by atoms with Gasteiger partial charge in [0.2, 0.25) is 5.91 Å². The molecule has 0 spiro atoms. The van der Waals surface area contributed by atoms with Crippen LogP contribution in [-0.4, -0.2) is 22.0 Å². The van der Waals surface area contributed by atoms with Crippen molar-refractivity contribution in [2.75, 3.05) is 6.54 Å². The molecule has 1 amide bonds. The van der Waals surface area contributed by atoms with Crippen LogP contribution in [0.1, 0.15) is 17.5 Å². The number of alkyl halides is 3. The second-order valence-electron chi connectivity index (χ2n) is 4.88. The van der Waals surface area contributed by atoms with Crippen molar-refractivity contribution in [3.05, 3.63) is 54.1 Å². The molecule has 0 atom stereocenters. The number of hydrogen-bond acceptors (Lipinski definition) is 2. The molecule has 2 rings (SSSR count). The predicted molar refractivity (Wildman–Crippen MR) is 75.0 cm³/mol. The van der Waals surface area contributed by atoms with Crippen LogP contribution >= 0.6 is 0 Å². The van der Waals surface area contributed by atoms with Gasteiger partial charge in [-0.05, 0) is 24.1 Å². The molecule has 0 radical (unpaired) electrons. The standard InChI is InChI=1S/C15H16F3N3O/c16-15(17,18)13-4-2-12(3-5-13)10-14(22)20-6-1-8-21-9-7-19-11-21/h2-5,7,9,11H,1,6,8,10H2,(H,20,22). The SMILES string of the molecule is O=C(Cc1ccc(C(F)(F)F)cc1)NCCCn1ccnc1. The highest BCUT2D eigenvalue weighted by Gasteiger charge is 2.29. The van der Waals surface area contributed by atoms with Crippen LogP contribution in [0.3, 0.4) is 0 Å². The number of carbonyl (C=O) groups excluding carboxylic acids is 1. The molecule has 0 aliphatic rings. The fourth-order valence-electron chi connectivity index (χ4n) is 1.97. The number of aryl methyl sites for hydroxylation is 1. The first-order valence-corrected chi connectivity index (χ1v) is 6.84. The molecule has 2 aromatic rings. The quantitative estimate of drug-likeness (QED) is 0.834. The van der Waals surface area contributed by atoms with Gasteiger partial charge in [0, 0.05) is 25.5 Å². The Hall–Kier alpha value is -2.31. The largest absolute Gasteiger partial charge is 0.416 e. The fourth-order valence-corrected chi connectivity index (χ4v) is 1.97. The second-order valence-corrected chi connectivity index (χ2v) is 4.88. The van der Waals surface area contributed by atoms with Gasteiger partial charge in [0.25, 0.3) is 0 Å². The van der Waals surface area contributed by atoms with E-state index in [1.807, 2.05) is 10.8 Å². The second kappa shape index (κ2) is 7.11. The molecule has 118 valence electrons. The number of carbonyl (C=O) groups is 1. The number of aromatic nitrogens is 2. The van der Waals surface area contributed by atoms with Crippen LogP contribution in [0.15, 0.2) is 43.0 Å². The summed E-state index contributed by atoms with van der Waals surface area (Å²) in [5, 5.41) is 2.74. The van der Waals surface area contributed by atoms with Gasteiger partial charge in [0.05, 0.1) is 18.3 Å². The zero-order valence-electron chi connectivity index (χ0n) is 11.8. The minimum absolute atomic E-state index is 0.0726. The van der Waals surface area contributed by atoms with Gasteiger partial charge in [-0.3, -0.25) is 4.79 Å². The molecule has 1 aromatic heterocycles. The molecular formula is C15H16F3N3O. The van der Waals surface area contributed by atoms with E-state index in [1.165, 1.54) is 12.1 Å². The molecule has 22 heavy (non-hydrogen) atoms. The zero-order valence-corrected chi connectivity index (χ0v) is 11.8. The van der Waals surface area contributed by atoms with Gasteiger partial charge in [-0.25, -0.2) is 4.98 Å². The highest BCUT2D eigenvalue weighted by Crippen LogP contribution is 2.29.